The molecule has 0 fully saturated rings. The third-order valence-corrected chi connectivity index (χ3v) is 4.54. The van der Waals surface area contributed by atoms with Crippen LogP contribution in [0.15, 0.2) is 48.5 Å². The molecule has 7 heteroatoms. The number of terminal acetylenes is 1. The van der Waals surface area contributed by atoms with E-state index in [0.29, 0.717) is 30.5 Å². The highest BCUT2D eigenvalue weighted by molar-refractivity contribution is 6.32. The van der Waals surface area contributed by atoms with Crippen LogP contribution in [0.3, 0.4) is 0 Å². The first-order valence-electron chi connectivity index (χ1n) is 9.51. The van der Waals surface area contributed by atoms with Crippen molar-refractivity contribution in [1.29, 1.82) is 0 Å². The van der Waals surface area contributed by atoms with Gasteiger partial charge in [-0.05, 0) is 48.9 Å². The maximum absolute atomic E-state index is 11.0. The monoisotopic (exact) mass is 427 g/mol. The number of carbonyl (C=O) groups is 1. The summed E-state index contributed by atoms with van der Waals surface area (Å²) in [6.07, 6.45) is 9.03. The molecule has 0 heterocycles. The van der Waals surface area contributed by atoms with Crippen LogP contribution < -0.4 is 15.5 Å². The third-order valence-electron chi connectivity index (χ3n) is 4.25. The highest BCUT2D eigenvalue weighted by Gasteiger charge is 2.04. The van der Waals surface area contributed by atoms with Gasteiger partial charge in [-0.2, -0.15) is 0 Å². The van der Waals surface area contributed by atoms with Crippen molar-refractivity contribution in [1.82, 2.24) is 10.4 Å². The lowest BCUT2D eigenvalue weighted by atomic mass is 10.1. The first-order chi connectivity index (χ1) is 14.5. The SMILES string of the molecule is C#CCN(C)CCCOc1ccc(NCc2ccc(/C=C/C(=O)NO)cc2)cc1Cl. The zero-order valence-corrected chi connectivity index (χ0v) is 17.7. The number of carbonyl (C=O) groups excluding carboxylic acids is 1. The highest BCUT2D eigenvalue weighted by atomic mass is 35.5. The number of benzene rings is 2. The Bertz CT molecular complexity index is 892. The predicted molar refractivity (Wildman–Crippen MR) is 121 cm³/mol. The van der Waals surface area contributed by atoms with Gasteiger partial charge >= 0.3 is 0 Å². The average Bonchev–Trinajstić information content (AvgIpc) is 2.75. The molecule has 0 aromatic heterocycles. The lowest BCUT2D eigenvalue weighted by Gasteiger charge is -2.14. The summed E-state index contributed by atoms with van der Waals surface area (Å²) in [6, 6.07) is 13.3. The van der Waals surface area contributed by atoms with Crippen LogP contribution in [0.1, 0.15) is 17.5 Å². The van der Waals surface area contributed by atoms with Crippen molar-refractivity contribution in [3.05, 3.63) is 64.7 Å². The van der Waals surface area contributed by atoms with Gasteiger partial charge in [0.1, 0.15) is 5.75 Å². The molecule has 0 unspecified atom stereocenters. The van der Waals surface area contributed by atoms with Gasteiger partial charge in [-0.15, -0.1) is 6.42 Å². The standard InChI is InChI=1S/C23H26ClN3O3/c1-3-13-27(2)14-4-15-30-22-11-10-20(16-21(22)24)25-17-19-7-5-18(6-8-19)9-12-23(28)26-29/h1,5-12,16,25,29H,4,13-15,17H2,2H3,(H,26,28)/b12-9+. The predicted octanol–water partition coefficient (Wildman–Crippen LogP) is 3.80. The second-order valence-electron chi connectivity index (χ2n) is 6.69. The van der Waals surface area contributed by atoms with Crippen molar-refractivity contribution >= 4 is 29.3 Å². The van der Waals surface area contributed by atoms with Gasteiger partial charge in [-0.25, -0.2) is 5.48 Å². The van der Waals surface area contributed by atoms with Gasteiger partial charge in [-0.3, -0.25) is 14.9 Å². The molecule has 2 aromatic rings. The van der Waals surface area contributed by atoms with E-state index < -0.39 is 5.91 Å². The third kappa shape index (κ3) is 8.18. The Balaban J connectivity index is 1.81. The Morgan fingerprint density at radius 2 is 2.07 bits per heavy atom. The summed E-state index contributed by atoms with van der Waals surface area (Å²) in [5, 5.41) is 12.4. The topological polar surface area (TPSA) is 73.8 Å². The Morgan fingerprint density at radius 3 is 2.73 bits per heavy atom. The van der Waals surface area contributed by atoms with Gasteiger partial charge in [0.15, 0.2) is 0 Å². The molecular weight excluding hydrogens is 402 g/mol. The molecule has 0 saturated heterocycles. The summed E-state index contributed by atoms with van der Waals surface area (Å²) < 4.78 is 5.76. The number of ether oxygens (including phenoxy) is 1. The van der Waals surface area contributed by atoms with E-state index in [9.17, 15) is 4.79 Å². The van der Waals surface area contributed by atoms with E-state index in [1.807, 2.05) is 49.5 Å². The zero-order chi connectivity index (χ0) is 21.8. The summed E-state index contributed by atoms with van der Waals surface area (Å²) in [5.74, 6) is 2.70. The second kappa shape index (κ2) is 12.6. The van der Waals surface area contributed by atoms with Crippen molar-refractivity contribution in [2.45, 2.75) is 13.0 Å². The van der Waals surface area contributed by atoms with Crippen LogP contribution in [0.4, 0.5) is 5.69 Å². The van der Waals surface area contributed by atoms with Crippen molar-refractivity contribution in [2.24, 2.45) is 0 Å². The van der Waals surface area contributed by atoms with Crippen LogP contribution >= 0.6 is 11.6 Å². The lowest BCUT2D eigenvalue weighted by molar-refractivity contribution is -0.124. The number of nitrogens with one attached hydrogen (secondary N) is 2. The molecule has 30 heavy (non-hydrogen) atoms. The second-order valence-corrected chi connectivity index (χ2v) is 7.10. The van der Waals surface area contributed by atoms with Gasteiger partial charge in [0, 0.05) is 24.9 Å². The molecule has 0 spiro atoms. The van der Waals surface area contributed by atoms with E-state index in [1.165, 1.54) is 6.08 Å². The smallest absolute Gasteiger partial charge is 0.267 e. The number of hydroxylamine groups is 1. The molecule has 2 rings (SSSR count). The number of hydrogen-bond acceptors (Lipinski definition) is 5. The summed E-state index contributed by atoms with van der Waals surface area (Å²) in [6.45, 7) is 2.69. The summed E-state index contributed by atoms with van der Waals surface area (Å²) in [5.41, 5.74) is 4.38. The van der Waals surface area contributed by atoms with Crippen LogP contribution in [0.2, 0.25) is 5.02 Å². The summed E-state index contributed by atoms with van der Waals surface area (Å²) >= 11 is 6.34. The van der Waals surface area contributed by atoms with Gasteiger partial charge in [-0.1, -0.05) is 41.8 Å². The molecule has 0 aliphatic carbocycles. The Morgan fingerprint density at radius 1 is 1.30 bits per heavy atom. The molecule has 0 radical (unpaired) electrons. The molecule has 0 aliphatic rings. The zero-order valence-electron chi connectivity index (χ0n) is 16.9. The Labute approximate surface area is 182 Å². The number of hydrogen-bond donors (Lipinski definition) is 3. The number of nitrogens with zero attached hydrogens (tertiary/aromatic N) is 1. The molecular formula is C23H26ClN3O3. The van der Waals surface area contributed by atoms with Crippen LogP contribution in [-0.4, -0.2) is 42.8 Å². The fraction of sp³-hybridized carbons (Fsp3) is 0.261. The maximum Gasteiger partial charge on any atom is 0.267 e. The molecule has 158 valence electrons. The van der Waals surface area contributed by atoms with Crippen LogP contribution in [-0.2, 0) is 11.3 Å². The Kier molecular flexibility index (Phi) is 9.75. The number of rotatable bonds is 11. The average molecular weight is 428 g/mol. The Hall–Kier alpha value is -2.98. The molecule has 0 aliphatic heterocycles. The minimum atomic E-state index is -0.568. The normalized spacial score (nSPS) is 10.8. The number of halogens is 1. The van der Waals surface area contributed by atoms with E-state index >= 15 is 0 Å². The molecule has 3 N–H and O–H groups in total. The first kappa shape index (κ1) is 23.3. The first-order valence-corrected chi connectivity index (χ1v) is 9.89. The van der Waals surface area contributed by atoms with Crippen LogP contribution in [0.25, 0.3) is 6.08 Å². The lowest BCUT2D eigenvalue weighted by Crippen LogP contribution is -2.21. The number of anilines is 1. The van der Waals surface area contributed by atoms with Gasteiger partial charge < -0.3 is 10.1 Å². The molecule has 2 aromatic carbocycles. The van der Waals surface area contributed by atoms with Gasteiger partial charge in [0.05, 0.1) is 18.2 Å². The van der Waals surface area contributed by atoms with Gasteiger partial charge in [0.25, 0.3) is 5.91 Å². The van der Waals surface area contributed by atoms with E-state index in [-0.39, 0.29) is 0 Å². The molecule has 0 saturated carbocycles. The fourth-order valence-corrected chi connectivity index (χ4v) is 2.87. The summed E-state index contributed by atoms with van der Waals surface area (Å²) in [4.78, 5) is 13.1. The van der Waals surface area contributed by atoms with Crippen molar-refractivity contribution in [2.75, 3.05) is 32.1 Å². The molecule has 0 bridgehead atoms. The molecule has 6 nitrogen and oxygen atoms in total. The van der Waals surface area contributed by atoms with E-state index in [1.54, 1.807) is 11.6 Å². The quantitative estimate of drug-likeness (QED) is 0.167. The minimum Gasteiger partial charge on any atom is -0.492 e. The fourth-order valence-electron chi connectivity index (χ4n) is 2.64. The highest BCUT2D eigenvalue weighted by Crippen LogP contribution is 2.28. The van der Waals surface area contributed by atoms with Crippen LogP contribution in [0, 0.1) is 12.3 Å². The largest absolute Gasteiger partial charge is 0.492 e. The van der Waals surface area contributed by atoms with Crippen molar-refractivity contribution in [3.63, 3.8) is 0 Å². The minimum absolute atomic E-state index is 0.555. The molecule has 0 atom stereocenters. The number of amides is 1. The van der Waals surface area contributed by atoms with Crippen molar-refractivity contribution in [3.8, 4) is 18.1 Å². The van der Waals surface area contributed by atoms with Crippen LogP contribution in [0.5, 0.6) is 5.75 Å². The maximum atomic E-state index is 11.0. The van der Waals surface area contributed by atoms with E-state index in [2.05, 4.69) is 16.1 Å². The molecule has 1 amide bonds. The van der Waals surface area contributed by atoms with E-state index in [0.717, 1.165) is 29.8 Å². The van der Waals surface area contributed by atoms with Crippen molar-refractivity contribution < 1.29 is 14.7 Å². The summed E-state index contributed by atoms with van der Waals surface area (Å²) in [7, 11) is 1.98. The van der Waals surface area contributed by atoms with Gasteiger partial charge in [0.2, 0.25) is 0 Å². The van der Waals surface area contributed by atoms with E-state index in [4.69, 9.17) is 28.0 Å².